The Morgan fingerprint density at radius 3 is 2.62 bits per heavy atom. The normalized spacial score (nSPS) is 12.2. The minimum absolute atomic E-state index is 0. The molecule has 21 heavy (non-hydrogen) atoms. The lowest BCUT2D eigenvalue weighted by Crippen LogP contribution is -3.00. The van der Waals surface area contributed by atoms with Gasteiger partial charge in [0.25, 0.3) is 0 Å². The van der Waals surface area contributed by atoms with Gasteiger partial charge in [0, 0.05) is 22.8 Å². The van der Waals surface area contributed by atoms with Gasteiger partial charge in [0.1, 0.15) is 0 Å². The van der Waals surface area contributed by atoms with Gasteiger partial charge < -0.3 is 21.9 Å². The highest BCUT2D eigenvalue weighted by Gasteiger charge is 2.26. The number of aromatic hydroxyl groups is 1. The minimum Gasteiger partial charge on any atom is -1.00 e. The Morgan fingerprint density at radius 1 is 1.05 bits per heavy atom. The molecule has 0 saturated carbocycles. The Hall–Kier alpha value is -2.26. The van der Waals surface area contributed by atoms with Crippen molar-refractivity contribution in [3.8, 4) is 16.9 Å². The fraction of sp³-hybridized carbons (Fsp3) is 0.118. The molecule has 0 spiro atoms. The van der Waals surface area contributed by atoms with Crippen molar-refractivity contribution in [2.45, 2.75) is 13.0 Å². The van der Waals surface area contributed by atoms with Gasteiger partial charge in [0.15, 0.2) is 18.5 Å². The number of hydrogen-bond acceptors (Lipinski definition) is 2. The lowest BCUT2D eigenvalue weighted by Gasteiger charge is -2.16. The Balaban J connectivity index is 0.00000132. The van der Waals surface area contributed by atoms with E-state index in [1.165, 1.54) is 11.1 Å². The topological polar surface area (TPSA) is 37.3 Å². The molecule has 0 saturated heterocycles. The van der Waals surface area contributed by atoms with Gasteiger partial charge in [-0.2, -0.15) is 4.57 Å². The highest BCUT2D eigenvalue weighted by atomic mass is 35.5. The van der Waals surface area contributed by atoms with Crippen LogP contribution in [0.25, 0.3) is 11.1 Å². The fourth-order valence-corrected chi connectivity index (χ4v) is 2.86. The number of hydrogen-bond donors (Lipinski definition) is 1. The van der Waals surface area contributed by atoms with E-state index in [-0.39, 0.29) is 12.4 Å². The summed E-state index contributed by atoms with van der Waals surface area (Å²) in [6.07, 6.45) is 6.07. The van der Waals surface area contributed by atoms with Crippen LogP contribution in [-0.2, 0) is 13.0 Å². The standard InChI is InChI=1S/C17H13NO2.ClH/c19-17-15(14-6-8-20-11-14)5-7-18-10-13-4-2-1-3-12(13)9-16(17)18;/h1-8,11H,9-10H2;1H. The second-order valence-electron chi connectivity index (χ2n) is 5.11. The van der Waals surface area contributed by atoms with Gasteiger partial charge in [0.2, 0.25) is 5.69 Å². The molecule has 106 valence electrons. The Morgan fingerprint density at radius 2 is 1.86 bits per heavy atom. The smallest absolute Gasteiger partial charge is 0.228 e. The SMILES string of the molecule is Oc1c(-c2ccoc2)cc[n+]2c1Cc1ccccc1C2.[Cl-]. The Bertz CT molecular complexity index is 781. The summed E-state index contributed by atoms with van der Waals surface area (Å²) in [4.78, 5) is 0. The number of pyridine rings is 1. The first kappa shape index (κ1) is 13.7. The van der Waals surface area contributed by atoms with Crippen molar-refractivity contribution in [1.82, 2.24) is 0 Å². The summed E-state index contributed by atoms with van der Waals surface area (Å²) < 4.78 is 7.22. The van der Waals surface area contributed by atoms with E-state index < -0.39 is 0 Å². The van der Waals surface area contributed by atoms with E-state index in [9.17, 15) is 5.11 Å². The lowest BCUT2D eigenvalue weighted by atomic mass is 9.96. The lowest BCUT2D eigenvalue weighted by molar-refractivity contribution is -0.697. The third kappa shape index (κ3) is 2.20. The molecule has 3 heterocycles. The van der Waals surface area contributed by atoms with Crippen LogP contribution in [-0.4, -0.2) is 5.11 Å². The number of aromatic nitrogens is 1. The first-order chi connectivity index (χ1) is 9.83. The number of nitrogens with zero attached hydrogens (tertiary/aromatic N) is 1. The van der Waals surface area contributed by atoms with Crippen LogP contribution in [0.4, 0.5) is 0 Å². The molecule has 0 amide bonds. The largest absolute Gasteiger partial charge is 1.00 e. The highest BCUT2D eigenvalue weighted by Crippen LogP contribution is 2.33. The number of benzene rings is 1. The summed E-state index contributed by atoms with van der Waals surface area (Å²) in [7, 11) is 0. The van der Waals surface area contributed by atoms with Crippen molar-refractivity contribution in [2.24, 2.45) is 0 Å². The number of fused-ring (bicyclic) bond motifs is 2. The van der Waals surface area contributed by atoms with Gasteiger partial charge in [-0.3, -0.25) is 0 Å². The maximum Gasteiger partial charge on any atom is 0.228 e. The van der Waals surface area contributed by atoms with Crippen LogP contribution in [0.3, 0.4) is 0 Å². The fourth-order valence-electron chi connectivity index (χ4n) is 2.86. The molecule has 1 aliphatic rings. The van der Waals surface area contributed by atoms with Crippen LogP contribution < -0.4 is 17.0 Å². The summed E-state index contributed by atoms with van der Waals surface area (Å²) in [6.45, 7) is 0.810. The zero-order valence-corrected chi connectivity index (χ0v) is 12.0. The second kappa shape index (κ2) is 5.26. The van der Waals surface area contributed by atoms with E-state index in [0.29, 0.717) is 5.75 Å². The third-order valence-corrected chi connectivity index (χ3v) is 3.95. The maximum absolute atomic E-state index is 10.6. The zero-order chi connectivity index (χ0) is 13.5. The second-order valence-corrected chi connectivity index (χ2v) is 5.11. The molecule has 1 N–H and O–H groups in total. The Labute approximate surface area is 128 Å². The van der Waals surface area contributed by atoms with Crippen LogP contribution in [0.5, 0.6) is 5.75 Å². The molecule has 3 nitrogen and oxygen atoms in total. The summed E-state index contributed by atoms with van der Waals surface area (Å²) in [6, 6.07) is 12.2. The van der Waals surface area contributed by atoms with E-state index in [0.717, 1.165) is 29.8 Å². The predicted molar refractivity (Wildman–Crippen MR) is 74.4 cm³/mol. The van der Waals surface area contributed by atoms with E-state index >= 15 is 0 Å². The minimum atomic E-state index is 0. The van der Waals surface area contributed by atoms with Crippen molar-refractivity contribution >= 4 is 0 Å². The number of furan rings is 1. The van der Waals surface area contributed by atoms with Gasteiger partial charge in [-0.1, -0.05) is 24.3 Å². The van der Waals surface area contributed by atoms with Crippen molar-refractivity contribution in [3.63, 3.8) is 0 Å². The summed E-state index contributed by atoms with van der Waals surface area (Å²) in [5.74, 6) is 0.350. The summed E-state index contributed by atoms with van der Waals surface area (Å²) in [5, 5.41) is 10.6. The molecule has 2 aromatic heterocycles. The highest BCUT2D eigenvalue weighted by molar-refractivity contribution is 5.69. The molecule has 0 unspecified atom stereocenters. The Kier molecular flexibility index (Phi) is 3.43. The van der Waals surface area contributed by atoms with Crippen LogP contribution in [0.15, 0.2) is 59.5 Å². The summed E-state index contributed by atoms with van der Waals surface area (Å²) in [5.41, 5.74) is 5.30. The van der Waals surface area contributed by atoms with Gasteiger partial charge in [0.05, 0.1) is 18.9 Å². The van der Waals surface area contributed by atoms with Crippen molar-refractivity contribution in [3.05, 3.63) is 71.9 Å². The quantitative estimate of drug-likeness (QED) is 0.498. The first-order valence-corrected chi connectivity index (χ1v) is 6.66. The van der Waals surface area contributed by atoms with E-state index in [1.807, 2.05) is 24.4 Å². The van der Waals surface area contributed by atoms with Crippen LogP contribution in [0, 0.1) is 0 Å². The van der Waals surface area contributed by atoms with E-state index in [2.05, 4.69) is 22.8 Å². The van der Waals surface area contributed by atoms with Gasteiger partial charge >= 0.3 is 0 Å². The summed E-state index contributed by atoms with van der Waals surface area (Å²) >= 11 is 0. The molecule has 0 atom stereocenters. The molecule has 4 heteroatoms. The van der Waals surface area contributed by atoms with Gasteiger partial charge in [-0.05, 0) is 11.6 Å². The molecule has 0 bridgehead atoms. The van der Waals surface area contributed by atoms with Gasteiger partial charge in [-0.15, -0.1) is 0 Å². The third-order valence-electron chi connectivity index (χ3n) is 3.95. The van der Waals surface area contributed by atoms with Crippen LogP contribution in [0.2, 0.25) is 0 Å². The molecule has 4 rings (SSSR count). The molecule has 1 aliphatic heterocycles. The average Bonchev–Trinajstić information content (AvgIpc) is 3.00. The van der Waals surface area contributed by atoms with Crippen molar-refractivity contribution < 1.29 is 26.5 Å². The molecule has 1 aromatic carbocycles. The van der Waals surface area contributed by atoms with E-state index in [4.69, 9.17) is 4.42 Å². The van der Waals surface area contributed by atoms with Crippen LogP contribution in [0.1, 0.15) is 16.8 Å². The monoisotopic (exact) mass is 299 g/mol. The first-order valence-electron chi connectivity index (χ1n) is 6.66. The van der Waals surface area contributed by atoms with E-state index in [1.54, 1.807) is 12.5 Å². The average molecular weight is 300 g/mol. The number of rotatable bonds is 1. The number of halogens is 1. The van der Waals surface area contributed by atoms with Gasteiger partial charge in [-0.25, -0.2) is 0 Å². The molecule has 3 aromatic rings. The predicted octanol–water partition coefficient (Wildman–Crippen LogP) is -0.104. The van der Waals surface area contributed by atoms with Crippen LogP contribution >= 0.6 is 0 Å². The molecule has 0 radical (unpaired) electrons. The molecule has 0 fully saturated rings. The molecular weight excluding hydrogens is 286 g/mol. The maximum atomic E-state index is 10.6. The molecular formula is C17H14ClNO2. The molecule has 0 aliphatic carbocycles. The van der Waals surface area contributed by atoms with Crippen molar-refractivity contribution in [1.29, 1.82) is 0 Å². The van der Waals surface area contributed by atoms with Crippen molar-refractivity contribution in [2.75, 3.05) is 0 Å². The zero-order valence-electron chi connectivity index (χ0n) is 11.3.